The summed E-state index contributed by atoms with van der Waals surface area (Å²) < 4.78 is 9.81. The van der Waals surface area contributed by atoms with Gasteiger partial charge in [-0.15, -0.1) is 0 Å². The Morgan fingerprint density at radius 2 is 1.30 bits per heavy atom. The second-order valence-electron chi connectivity index (χ2n) is 4.62. The number of allylic oxidation sites excluding steroid dienone is 4. The average Bonchev–Trinajstić information content (AvgIpc) is 2.60. The first-order valence-corrected chi connectivity index (χ1v) is 10.5. The minimum absolute atomic E-state index is 0.0152. The lowest BCUT2D eigenvalue weighted by Gasteiger charge is -2.10. The van der Waals surface area contributed by atoms with E-state index in [4.69, 9.17) is 20.9 Å². The Balaban J connectivity index is 5.65. The van der Waals surface area contributed by atoms with Gasteiger partial charge in [0.2, 0.25) is 0 Å². The van der Waals surface area contributed by atoms with E-state index in [1.807, 2.05) is 12.1 Å². The molecule has 0 atom stereocenters. The summed E-state index contributed by atoms with van der Waals surface area (Å²) in [6.07, 6.45) is 0. The molecule has 0 saturated heterocycles. The number of esters is 2. The predicted octanol–water partition coefficient (Wildman–Crippen LogP) is 2.87. The van der Waals surface area contributed by atoms with Crippen molar-refractivity contribution in [2.45, 2.75) is 27.7 Å². The van der Waals surface area contributed by atoms with E-state index in [9.17, 15) is 20.1 Å². The Bertz CT molecular complexity index is 753. The molecular formula is C16H20N4O4S3. The van der Waals surface area contributed by atoms with Gasteiger partial charge in [0.25, 0.3) is 0 Å². The third-order valence-corrected chi connectivity index (χ3v) is 6.23. The van der Waals surface area contributed by atoms with E-state index in [2.05, 4.69) is 0 Å². The average molecular weight is 429 g/mol. The molecule has 0 aliphatic carbocycles. The van der Waals surface area contributed by atoms with Crippen LogP contribution in [0, 0.1) is 22.7 Å². The first-order chi connectivity index (χ1) is 12.7. The Hall–Kier alpha value is -2.21. The van der Waals surface area contributed by atoms with Gasteiger partial charge in [-0.25, -0.2) is 9.59 Å². The number of thioether (sulfide) groups is 1. The van der Waals surface area contributed by atoms with E-state index in [0.717, 1.165) is 33.3 Å². The van der Waals surface area contributed by atoms with Crippen molar-refractivity contribution in [3.63, 3.8) is 0 Å². The van der Waals surface area contributed by atoms with Crippen LogP contribution >= 0.6 is 33.3 Å². The lowest BCUT2D eigenvalue weighted by Crippen LogP contribution is -2.11. The fourth-order valence-corrected chi connectivity index (χ4v) is 4.49. The standard InChI is InChI=1S/C16H20N4O4S3/c1-5-23-15(21)13(9(3)19)25-11(7-17)12(8-18)26-27-14(10(4)20)16(22)24-6-2/h5-6,19-20H2,1-4H3/b12-11-,13-9+,14-10+. The van der Waals surface area contributed by atoms with Gasteiger partial charge in [-0.2, -0.15) is 10.5 Å². The second-order valence-corrected chi connectivity index (χ2v) is 7.79. The van der Waals surface area contributed by atoms with Gasteiger partial charge in [-0.3, -0.25) is 0 Å². The lowest BCUT2D eigenvalue weighted by molar-refractivity contribution is -0.138. The topological polar surface area (TPSA) is 152 Å². The molecule has 0 bridgehead atoms. The largest absolute Gasteiger partial charge is 0.462 e. The number of nitrogens with zero attached hydrogens (tertiary/aromatic N) is 2. The normalized spacial score (nSPS) is 13.3. The van der Waals surface area contributed by atoms with Gasteiger partial charge in [0, 0.05) is 11.4 Å². The Morgan fingerprint density at radius 1 is 0.852 bits per heavy atom. The Labute approximate surface area is 170 Å². The van der Waals surface area contributed by atoms with Gasteiger partial charge < -0.3 is 20.9 Å². The molecule has 0 aliphatic rings. The minimum Gasteiger partial charge on any atom is -0.462 e. The smallest absolute Gasteiger partial charge is 0.347 e. The predicted molar refractivity (Wildman–Crippen MR) is 108 cm³/mol. The van der Waals surface area contributed by atoms with Crippen LogP contribution in [-0.4, -0.2) is 25.2 Å². The van der Waals surface area contributed by atoms with Gasteiger partial charge in [0.05, 0.1) is 13.2 Å². The molecule has 8 nitrogen and oxygen atoms in total. The maximum atomic E-state index is 12.0. The molecule has 0 aromatic carbocycles. The van der Waals surface area contributed by atoms with E-state index < -0.39 is 11.9 Å². The number of nitrogens with two attached hydrogens (primary N) is 2. The second kappa shape index (κ2) is 13.0. The van der Waals surface area contributed by atoms with E-state index in [0.29, 0.717) is 0 Å². The molecule has 0 fully saturated rings. The highest BCUT2D eigenvalue weighted by molar-refractivity contribution is 8.79. The highest BCUT2D eigenvalue weighted by Crippen LogP contribution is 2.42. The van der Waals surface area contributed by atoms with E-state index >= 15 is 0 Å². The number of nitriles is 2. The molecule has 0 saturated carbocycles. The molecule has 0 unspecified atom stereocenters. The maximum Gasteiger partial charge on any atom is 0.347 e. The quantitative estimate of drug-likeness (QED) is 0.241. The fourth-order valence-electron chi connectivity index (χ4n) is 1.35. The molecule has 0 aliphatic heterocycles. The first-order valence-electron chi connectivity index (χ1n) is 7.57. The molecule has 27 heavy (non-hydrogen) atoms. The van der Waals surface area contributed by atoms with E-state index in [-0.39, 0.29) is 44.2 Å². The lowest BCUT2D eigenvalue weighted by atomic mass is 10.4. The maximum absolute atomic E-state index is 12.0. The third-order valence-electron chi connectivity index (χ3n) is 2.46. The number of rotatable bonds is 9. The summed E-state index contributed by atoms with van der Waals surface area (Å²) in [6, 6.07) is 3.75. The number of ether oxygens (including phenoxy) is 2. The summed E-state index contributed by atoms with van der Waals surface area (Å²) in [6.45, 7) is 6.61. The Morgan fingerprint density at radius 3 is 1.67 bits per heavy atom. The molecule has 0 heterocycles. The zero-order chi connectivity index (χ0) is 21.0. The summed E-state index contributed by atoms with van der Waals surface area (Å²) in [5.41, 5.74) is 11.8. The van der Waals surface area contributed by atoms with Crippen LogP contribution in [0.15, 0.2) is 31.0 Å². The van der Waals surface area contributed by atoms with Gasteiger partial charge in [0.1, 0.15) is 31.8 Å². The van der Waals surface area contributed by atoms with Crippen LogP contribution in [0.1, 0.15) is 27.7 Å². The van der Waals surface area contributed by atoms with Crippen LogP contribution < -0.4 is 11.5 Å². The SMILES string of the molecule is CCOC(=O)/C(SS/C(C#N)=C(/C#N)S/C(C(=O)OCC)=C(\C)N)=C(/C)N. The van der Waals surface area contributed by atoms with Crippen LogP contribution in [0.5, 0.6) is 0 Å². The molecule has 0 rings (SSSR count). The van der Waals surface area contributed by atoms with Crippen molar-refractivity contribution >= 4 is 45.3 Å². The number of hydrogen-bond donors (Lipinski definition) is 2. The first kappa shape index (κ1) is 24.8. The molecule has 4 N–H and O–H groups in total. The summed E-state index contributed by atoms with van der Waals surface area (Å²) in [7, 11) is 1.76. The summed E-state index contributed by atoms with van der Waals surface area (Å²) >= 11 is 0.736. The Kier molecular flexibility index (Phi) is 12.0. The minimum atomic E-state index is -0.685. The molecule has 11 heteroatoms. The highest BCUT2D eigenvalue weighted by atomic mass is 33.1. The van der Waals surface area contributed by atoms with Crippen LogP contribution in [-0.2, 0) is 19.1 Å². The van der Waals surface area contributed by atoms with Crippen molar-refractivity contribution in [1.29, 1.82) is 10.5 Å². The number of hydrogen-bond acceptors (Lipinski definition) is 11. The van der Waals surface area contributed by atoms with Crippen LogP contribution in [0.4, 0.5) is 0 Å². The summed E-state index contributed by atoms with van der Waals surface area (Å²) in [4.78, 5) is 23.9. The van der Waals surface area contributed by atoms with Crippen molar-refractivity contribution in [2.24, 2.45) is 11.5 Å². The zero-order valence-corrected chi connectivity index (χ0v) is 17.8. The van der Waals surface area contributed by atoms with E-state index in [1.54, 1.807) is 13.8 Å². The number of carbonyl (C=O) groups is 2. The van der Waals surface area contributed by atoms with Crippen molar-refractivity contribution in [2.75, 3.05) is 13.2 Å². The molecule has 0 radical (unpaired) electrons. The van der Waals surface area contributed by atoms with Crippen LogP contribution in [0.2, 0.25) is 0 Å². The summed E-state index contributed by atoms with van der Waals surface area (Å²) in [5.74, 6) is -1.31. The highest BCUT2D eigenvalue weighted by Gasteiger charge is 2.21. The molecule has 146 valence electrons. The zero-order valence-electron chi connectivity index (χ0n) is 15.3. The molecule has 0 spiro atoms. The van der Waals surface area contributed by atoms with Crippen molar-refractivity contribution < 1.29 is 19.1 Å². The molecule has 0 aromatic rings. The van der Waals surface area contributed by atoms with Gasteiger partial charge in [-0.1, -0.05) is 11.8 Å². The van der Waals surface area contributed by atoms with Crippen LogP contribution in [0.25, 0.3) is 0 Å². The van der Waals surface area contributed by atoms with Crippen molar-refractivity contribution in [3.05, 3.63) is 31.0 Å². The molecule has 0 aromatic heterocycles. The third kappa shape index (κ3) is 8.35. The molecular weight excluding hydrogens is 408 g/mol. The molecule has 0 amide bonds. The van der Waals surface area contributed by atoms with Gasteiger partial charge >= 0.3 is 11.9 Å². The van der Waals surface area contributed by atoms with Crippen molar-refractivity contribution in [1.82, 2.24) is 0 Å². The number of carbonyl (C=O) groups excluding carboxylic acids is 2. The van der Waals surface area contributed by atoms with Crippen LogP contribution in [0.3, 0.4) is 0 Å². The monoisotopic (exact) mass is 428 g/mol. The van der Waals surface area contributed by atoms with Crippen molar-refractivity contribution in [3.8, 4) is 12.1 Å². The van der Waals surface area contributed by atoms with E-state index in [1.165, 1.54) is 13.8 Å². The fraction of sp³-hybridized carbons (Fsp3) is 0.375. The van der Waals surface area contributed by atoms with Gasteiger partial charge in [-0.05, 0) is 49.3 Å². The summed E-state index contributed by atoms with van der Waals surface area (Å²) in [5, 5.41) is 18.8. The van der Waals surface area contributed by atoms with Gasteiger partial charge in [0.15, 0.2) is 0 Å².